The molecular formula is C11H13ClN2O. The molecule has 4 heteroatoms. The third kappa shape index (κ3) is 1.93. The van der Waals surface area contributed by atoms with Crippen molar-refractivity contribution in [1.29, 1.82) is 0 Å². The van der Waals surface area contributed by atoms with Gasteiger partial charge in [-0.15, -0.1) is 0 Å². The minimum Gasteiger partial charge on any atom is -0.296 e. The Morgan fingerprint density at radius 1 is 1.40 bits per heavy atom. The van der Waals surface area contributed by atoms with Crippen LogP contribution in [0.4, 0.5) is 0 Å². The molecule has 2 aliphatic carbocycles. The molecule has 2 fully saturated rings. The largest absolute Gasteiger partial charge is 0.296 e. The van der Waals surface area contributed by atoms with E-state index in [9.17, 15) is 4.79 Å². The molecule has 0 saturated heterocycles. The molecule has 1 heterocycles. The first-order chi connectivity index (χ1) is 7.24. The Morgan fingerprint density at radius 3 is 2.73 bits per heavy atom. The molecule has 80 valence electrons. The lowest BCUT2D eigenvalue weighted by atomic mass is 10.3. The molecule has 0 amide bonds. The smallest absolute Gasteiger partial charge is 0.254 e. The average Bonchev–Trinajstić information content (AvgIpc) is 2.99. The Morgan fingerprint density at radius 2 is 2.13 bits per heavy atom. The van der Waals surface area contributed by atoms with Crippen molar-refractivity contribution >= 4 is 11.6 Å². The first kappa shape index (κ1) is 9.40. The number of rotatable bonds is 3. The molecule has 0 unspecified atom stereocenters. The number of aromatic nitrogens is 2. The van der Waals surface area contributed by atoms with Crippen LogP contribution in [0.3, 0.4) is 0 Å². The van der Waals surface area contributed by atoms with E-state index >= 15 is 0 Å². The predicted octanol–water partition coefficient (Wildman–Crippen LogP) is 2.18. The molecule has 1 aromatic rings. The molecular weight excluding hydrogens is 212 g/mol. The van der Waals surface area contributed by atoms with Crippen LogP contribution in [0.15, 0.2) is 10.9 Å². The van der Waals surface area contributed by atoms with Crippen molar-refractivity contribution in [2.24, 2.45) is 5.92 Å². The van der Waals surface area contributed by atoms with E-state index in [0.717, 1.165) is 25.2 Å². The van der Waals surface area contributed by atoms with Crippen LogP contribution in [-0.4, -0.2) is 9.55 Å². The lowest BCUT2D eigenvalue weighted by Crippen LogP contribution is -2.25. The number of halogens is 1. The monoisotopic (exact) mass is 224 g/mol. The van der Waals surface area contributed by atoms with E-state index in [1.807, 2.05) is 4.57 Å². The van der Waals surface area contributed by atoms with Crippen molar-refractivity contribution in [3.8, 4) is 0 Å². The zero-order valence-corrected chi connectivity index (χ0v) is 9.20. The van der Waals surface area contributed by atoms with Crippen LogP contribution in [0.1, 0.15) is 37.4 Å². The Labute approximate surface area is 93.1 Å². The lowest BCUT2D eigenvalue weighted by Gasteiger charge is -2.10. The van der Waals surface area contributed by atoms with Gasteiger partial charge in [-0.05, 0) is 31.6 Å². The van der Waals surface area contributed by atoms with E-state index in [1.165, 1.54) is 18.9 Å². The fourth-order valence-electron chi connectivity index (χ4n) is 1.89. The number of nitrogens with zero attached hydrogens (tertiary/aromatic N) is 2. The minimum atomic E-state index is 0.0174. The summed E-state index contributed by atoms with van der Waals surface area (Å²) < 4.78 is 1.83. The van der Waals surface area contributed by atoms with E-state index in [-0.39, 0.29) is 5.56 Å². The van der Waals surface area contributed by atoms with Crippen LogP contribution >= 0.6 is 11.6 Å². The second-order valence-corrected chi connectivity index (χ2v) is 4.99. The summed E-state index contributed by atoms with van der Waals surface area (Å²) in [6.45, 7) is 0.842. The maximum atomic E-state index is 11.8. The molecule has 2 aliphatic rings. The van der Waals surface area contributed by atoms with Crippen LogP contribution in [0.25, 0.3) is 0 Å². The molecule has 3 nitrogen and oxygen atoms in total. The second kappa shape index (κ2) is 3.34. The van der Waals surface area contributed by atoms with Crippen LogP contribution in [-0.2, 0) is 6.54 Å². The van der Waals surface area contributed by atoms with Gasteiger partial charge in [-0.1, -0.05) is 11.6 Å². The summed E-state index contributed by atoms with van der Waals surface area (Å²) in [5, 5.41) is 0.342. The Hall–Kier alpha value is -0.830. The SMILES string of the molecule is O=c1cc(Cl)nc(C2CC2)n1CC1CC1. The summed E-state index contributed by atoms with van der Waals surface area (Å²) in [7, 11) is 0. The average molecular weight is 225 g/mol. The molecule has 15 heavy (non-hydrogen) atoms. The van der Waals surface area contributed by atoms with E-state index < -0.39 is 0 Å². The van der Waals surface area contributed by atoms with Crippen molar-refractivity contribution < 1.29 is 0 Å². The van der Waals surface area contributed by atoms with Gasteiger partial charge in [0.1, 0.15) is 11.0 Å². The van der Waals surface area contributed by atoms with Crippen molar-refractivity contribution in [3.05, 3.63) is 27.4 Å². The highest BCUT2D eigenvalue weighted by molar-refractivity contribution is 6.29. The Kier molecular flexibility index (Phi) is 2.09. The highest BCUT2D eigenvalue weighted by atomic mass is 35.5. The molecule has 0 N–H and O–H groups in total. The third-order valence-electron chi connectivity index (χ3n) is 3.09. The van der Waals surface area contributed by atoms with Crippen LogP contribution in [0.2, 0.25) is 5.15 Å². The lowest BCUT2D eigenvalue weighted by molar-refractivity contribution is 0.563. The second-order valence-electron chi connectivity index (χ2n) is 4.60. The van der Waals surface area contributed by atoms with E-state index in [4.69, 9.17) is 11.6 Å². The van der Waals surface area contributed by atoms with Crippen molar-refractivity contribution in [2.75, 3.05) is 0 Å². The van der Waals surface area contributed by atoms with Crippen molar-refractivity contribution in [3.63, 3.8) is 0 Å². The topological polar surface area (TPSA) is 34.9 Å². The van der Waals surface area contributed by atoms with Crippen molar-refractivity contribution in [1.82, 2.24) is 9.55 Å². The highest BCUT2D eigenvalue weighted by Gasteiger charge is 2.31. The quantitative estimate of drug-likeness (QED) is 0.738. The summed E-state index contributed by atoms with van der Waals surface area (Å²) in [4.78, 5) is 16.1. The van der Waals surface area contributed by atoms with Gasteiger partial charge < -0.3 is 0 Å². The van der Waals surface area contributed by atoms with Crippen LogP contribution in [0.5, 0.6) is 0 Å². The molecule has 0 aromatic carbocycles. The van der Waals surface area contributed by atoms with Gasteiger partial charge in [0.2, 0.25) is 0 Å². The van der Waals surface area contributed by atoms with Gasteiger partial charge in [-0.2, -0.15) is 0 Å². The van der Waals surface area contributed by atoms with Crippen LogP contribution in [0, 0.1) is 5.92 Å². The molecule has 0 radical (unpaired) electrons. The van der Waals surface area contributed by atoms with Gasteiger partial charge >= 0.3 is 0 Å². The van der Waals surface area contributed by atoms with Crippen molar-refractivity contribution in [2.45, 2.75) is 38.1 Å². The standard InChI is InChI=1S/C11H13ClN2O/c12-9-5-10(15)14(6-7-1-2-7)11(13-9)8-3-4-8/h5,7-8H,1-4,6H2. The van der Waals surface area contributed by atoms with Gasteiger partial charge in [0.05, 0.1) is 0 Å². The van der Waals surface area contributed by atoms with Gasteiger partial charge in [-0.3, -0.25) is 9.36 Å². The molecule has 1 aromatic heterocycles. The zero-order valence-electron chi connectivity index (χ0n) is 8.45. The maximum Gasteiger partial charge on any atom is 0.254 e. The summed E-state index contributed by atoms with van der Waals surface area (Å²) in [5.74, 6) is 2.10. The van der Waals surface area contributed by atoms with E-state index in [1.54, 1.807) is 0 Å². The molecule has 0 aliphatic heterocycles. The predicted molar refractivity (Wildman–Crippen MR) is 58.2 cm³/mol. The summed E-state index contributed by atoms with van der Waals surface area (Å²) in [6, 6.07) is 1.43. The van der Waals surface area contributed by atoms with Gasteiger partial charge in [-0.25, -0.2) is 4.98 Å². The van der Waals surface area contributed by atoms with E-state index in [0.29, 0.717) is 17.0 Å². The summed E-state index contributed by atoms with van der Waals surface area (Å²) in [6.07, 6.45) is 4.80. The summed E-state index contributed by atoms with van der Waals surface area (Å²) >= 11 is 5.82. The number of hydrogen-bond acceptors (Lipinski definition) is 2. The first-order valence-corrected chi connectivity index (χ1v) is 5.89. The van der Waals surface area contributed by atoms with Gasteiger partial charge in [0, 0.05) is 18.5 Å². The fourth-order valence-corrected chi connectivity index (χ4v) is 2.07. The minimum absolute atomic E-state index is 0.0174. The molecule has 0 atom stereocenters. The molecule has 0 bridgehead atoms. The van der Waals surface area contributed by atoms with Gasteiger partial charge in [0.25, 0.3) is 5.56 Å². The van der Waals surface area contributed by atoms with E-state index in [2.05, 4.69) is 4.98 Å². The maximum absolute atomic E-state index is 11.8. The Bertz CT molecular complexity index is 446. The zero-order chi connectivity index (χ0) is 10.4. The summed E-state index contributed by atoms with van der Waals surface area (Å²) in [5.41, 5.74) is 0.0174. The Balaban J connectivity index is 2.02. The normalized spacial score (nSPS) is 20.6. The first-order valence-electron chi connectivity index (χ1n) is 5.51. The van der Waals surface area contributed by atoms with Crippen LogP contribution < -0.4 is 5.56 Å². The molecule has 0 spiro atoms. The number of hydrogen-bond donors (Lipinski definition) is 0. The molecule has 3 rings (SSSR count). The fraction of sp³-hybridized carbons (Fsp3) is 0.636. The van der Waals surface area contributed by atoms with Gasteiger partial charge in [0.15, 0.2) is 0 Å². The highest BCUT2D eigenvalue weighted by Crippen LogP contribution is 2.40. The molecule has 2 saturated carbocycles. The third-order valence-corrected chi connectivity index (χ3v) is 3.28.